The van der Waals surface area contributed by atoms with Gasteiger partial charge in [0.15, 0.2) is 0 Å². The summed E-state index contributed by atoms with van der Waals surface area (Å²) in [6.45, 7) is 0.937. The number of hydrogen-bond donors (Lipinski definition) is 1. The molecule has 7 heteroatoms. The number of sulfonamides is 1. The second kappa shape index (κ2) is 5.97. The van der Waals surface area contributed by atoms with Gasteiger partial charge in [-0.2, -0.15) is 4.31 Å². The van der Waals surface area contributed by atoms with Crippen molar-refractivity contribution in [1.29, 1.82) is 0 Å². The third-order valence-corrected chi connectivity index (χ3v) is 5.62. The van der Waals surface area contributed by atoms with Crippen LogP contribution in [0.3, 0.4) is 0 Å². The van der Waals surface area contributed by atoms with E-state index in [-0.39, 0.29) is 17.4 Å². The van der Waals surface area contributed by atoms with E-state index in [2.05, 4.69) is 0 Å². The van der Waals surface area contributed by atoms with Gasteiger partial charge in [-0.1, -0.05) is 23.2 Å². The number of halogens is 2. The quantitative estimate of drug-likeness (QED) is 0.929. The molecule has 0 spiro atoms. The normalized spacial score (nSPS) is 18.7. The van der Waals surface area contributed by atoms with Crippen LogP contribution in [-0.2, 0) is 10.0 Å². The maximum absolute atomic E-state index is 12.4. The summed E-state index contributed by atoms with van der Waals surface area (Å²) >= 11 is 11.7. The van der Waals surface area contributed by atoms with Crippen LogP contribution in [0.25, 0.3) is 0 Å². The first-order valence-corrected chi connectivity index (χ1v) is 8.20. The molecule has 1 aliphatic rings. The first-order chi connectivity index (χ1) is 8.93. The molecule has 0 amide bonds. The number of hydrogen-bond acceptors (Lipinski definition) is 3. The number of aliphatic hydroxyl groups excluding tert-OH is 1. The standard InChI is InChI=1S/C12H15Cl2NO3S/c13-10-5-11(14)7-12(6-10)19(17,18)15-3-1-9(8-16)2-4-15/h5-7,9,16H,1-4,8H2. The maximum Gasteiger partial charge on any atom is 0.243 e. The summed E-state index contributed by atoms with van der Waals surface area (Å²) < 4.78 is 26.3. The molecule has 1 aromatic carbocycles. The number of nitrogens with zero attached hydrogens (tertiary/aromatic N) is 1. The lowest BCUT2D eigenvalue weighted by atomic mass is 10.00. The van der Waals surface area contributed by atoms with Gasteiger partial charge in [-0.15, -0.1) is 0 Å². The van der Waals surface area contributed by atoms with Gasteiger partial charge in [-0.25, -0.2) is 8.42 Å². The SMILES string of the molecule is O=S(=O)(c1cc(Cl)cc(Cl)c1)N1CCC(CO)CC1. The fraction of sp³-hybridized carbons (Fsp3) is 0.500. The second-order valence-corrected chi connectivity index (χ2v) is 7.45. The summed E-state index contributed by atoms with van der Waals surface area (Å²) in [5, 5.41) is 9.67. The van der Waals surface area contributed by atoms with Gasteiger partial charge in [0.1, 0.15) is 0 Å². The van der Waals surface area contributed by atoms with Gasteiger partial charge in [-0.05, 0) is 37.0 Å². The van der Waals surface area contributed by atoms with Gasteiger partial charge >= 0.3 is 0 Å². The highest BCUT2D eigenvalue weighted by Gasteiger charge is 2.29. The second-order valence-electron chi connectivity index (χ2n) is 4.64. The Labute approximate surface area is 123 Å². The molecular weight excluding hydrogens is 309 g/mol. The summed E-state index contributed by atoms with van der Waals surface area (Å²) in [5.74, 6) is 0.189. The molecule has 0 atom stereocenters. The molecule has 1 aromatic rings. The Morgan fingerprint density at radius 3 is 2.16 bits per heavy atom. The lowest BCUT2D eigenvalue weighted by Crippen LogP contribution is -2.39. The zero-order valence-corrected chi connectivity index (χ0v) is 12.5. The van der Waals surface area contributed by atoms with E-state index in [1.165, 1.54) is 22.5 Å². The number of piperidine rings is 1. The van der Waals surface area contributed by atoms with Crippen LogP contribution in [0.15, 0.2) is 23.1 Å². The summed E-state index contributed by atoms with van der Waals surface area (Å²) in [5.41, 5.74) is 0. The molecule has 2 rings (SSSR count). The van der Waals surface area contributed by atoms with Crippen LogP contribution >= 0.6 is 23.2 Å². The molecule has 1 heterocycles. The van der Waals surface area contributed by atoms with E-state index < -0.39 is 10.0 Å². The minimum atomic E-state index is -3.56. The first kappa shape index (κ1) is 15.1. The molecule has 0 aliphatic carbocycles. The van der Waals surface area contributed by atoms with Crippen LogP contribution in [0.1, 0.15) is 12.8 Å². The Balaban J connectivity index is 2.23. The van der Waals surface area contributed by atoms with Gasteiger partial charge in [0.2, 0.25) is 10.0 Å². The molecule has 0 unspecified atom stereocenters. The smallest absolute Gasteiger partial charge is 0.243 e. The van der Waals surface area contributed by atoms with Crippen molar-refractivity contribution in [3.8, 4) is 0 Å². The highest BCUT2D eigenvalue weighted by molar-refractivity contribution is 7.89. The van der Waals surface area contributed by atoms with E-state index in [1.807, 2.05) is 0 Å². The van der Waals surface area contributed by atoms with Crippen molar-refractivity contribution in [3.05, 3.63) is 28.2 Å². The van der Waals surface area contributed by atoms with Crippen LogP contribution in [0, 0.1) is 5.92 Å². The summed E-state index contributed by atoms with van der Waals surface area (Å²) in [4.78, 5) is 0.118. The highest BCUT2D eigenvalue weighted by Crippen LogP contribution is 2.27. The number of benzene rings is 1. The molecule has 0 bridgehead atoms. The predicted octanol–water partition coefficient (Wildman–Crippen LogP) is 2.39. The van der Waals surface area contributed by atoms with Gasteiger partial charge in [-0.3, -0.25) is 0 Å². The minimum Gasteiger partial charge on any atom is -0.396 e. The monoisotopic (exact) mass is 323 g/mol. The fourth-order valence-corrected chi connectivity index (χ4v) is 4.36. The topological polar surface area (TPSA) is 57.6 Å². The van der Waals surface area contributed by atoms with E-state index in [0.717, 1.165) is 0 Å². The van der Waals surface area contributed by atoms with Crippen molar-refractivity contribution >= 4 is 33.2 Å². The van der Waals surface area contributed by atoms with E-state index in [0.29, 0.717) is 36.0 Å². The highest BCUT2D eigenvalue weighted by atomic mass is 35.5. The molecule has 19 heavy (non-hydrogen) atoms. The third kappa shape index (κ3) is 3.41. The van der Waals surface area contributed by atoms with Crippen molar-refractivity contribution in [2.45, 2.75) is 17.7 Å². The average Bonchev–Trinajstić information content (AvgIpc) is 2.37. The third-order valence-electron chi connectivity index (χ3n) is 3.31. The Kier molecular flexibility index (Phi) is 4.74. The molecule has 1 fully saturated rings. The predicted molar refractivity (Wildman–Crippen MR) is 75.0 cm³/mol. The van der Waals surface area contributed by atoms with Gasteiger partial charge in [0.05, 0.1) is 4.90 Å². The zero-order chi connectivity index (χ0) is 14.0. The van der Waals surface area contributed by atoms with Crippen molar-refractivity contribution in [3.63, 3.8) is 0 Å². The maximum atomic E-state index is 12.4. The average molecular weight is 324 g/mol. The molecule has 1 aliphatic heterocycles. The van der Waals surface area contributed by atoms with Gasteiger partial charge in [0.25, 0.3) is 0 Å². The van der Waals surface area contributed by atoms with Crippen LogP contribution in [-0.4, -0.2) is 37.5 Å². The Morgan fingerprint density at radius 1 is 1.16 bits per heavy atom. The molecular formula is C12H15Cl2NO3S. The summed E-state index contributed by atoms with van der Waals surface area (Å²) in [7, 11) is -3.56. The zero-order valence-electron chi connectivity index (χ0n) is 10.2. The Morgan fingerprint density at radius 2 is 1.68 bits per heavy atom. The molecule has 0 aromatic heterocycles. The van der Waals surface area contributed by atoms with E-state index in [1.54, 1.807) is 0 Å². The minimum absolute atomic E-state index is 0.108. The van der Waals surface area contributed by atoms with Crippen LogP contribution in [0.4, 0.5) is 0 Å². The van der Waals surface area contributed by atoms with Gasteiger partial charge in [0, 0.05) is 29.7 Å². The largest absolute Gasteiger partial charge is 0.396 e. The molecule has 0 radical (unpaired) electrons. The lowest BCUT2D eigenvalue weighted by molar-refractivity contribution is 0.170. The fourth-order valence-electron chi connectivity index (χ4n) is 2.16. The molecule has 1 saturated heterocycles. The van der Waals surface area contributed by atoms with E-state index in [4.69, 9.17) is 28.3 Å². The summed E-state index contributed by atoms with van der Waals surface area (Å²) in [6, 6.07) is 4.31. The van der Waals surface area contributed by atoms with Crippen LogP contribution in [0.2, 0.25) is 10.0 Å². The van der Waals surface area contributed by atoms with Crippen LogP contribution < -0.4 is 0 Å². The van der Waals surface area contributed by atoms with Crippen LogP contribution in [0.5, 0.6) is 0 Å². The summed E-state index contributed by atoms with van der Waals surface area (Å²) in [6.07, 6.45) is 1.34. The Hall–Kier alpha value is -0.330. The number of aliphatic hydroxyl groups is 1. The molecule has 106 valence electrons. The van der Waals surface area contributed by atoms with Crippen molar-refractivity contribution in [1.82, 2.24) is 4.31 Å². The first-order valence-electron chi connectivity index (χ1n) is 6.00. The molecule has 1 N–H and O–H groups in total. The van der Waals surface area contributed by atoms with E-state index in [9.17, 15) is 8.42 Å². The van der Waals surface area contributed by atoms with Crippen molar-refractivity contribution in [2.75, 3.05) is 19.7 Å². The van der Waals surface area contributed by atoms with E-state index >= 15 is 0 Å². The number of rotatable bonds is 3. The van der Waals surface area contributed by atoms with Crippen molar-refractivity contribution in [2.24, 2.45) is 5.92 Å². The Bertz CT molecular complexity index is 534. The lowest BCUT2D eigenvalue weighted by Gasteiger charge is -2.30. The molecule has 0 saturated carbocycles. The molecule has 4 nitrogen and oxygen atoms in total. The van der Waals surface area contributed by atoms with Crippen molar-refractivity contribution < 1.29 is 13.5 Å². The van der Waals surface area contributed by atoms with Gasteiger partial charge < -0.3 is 5.11 Å².